The summed E-state index contributed by atoms with van der Waals surface area (Å²) in [6.45, 7) is 6.50. The van der Waals surface area contributed by atoms with Crippen LogP contribution in [0.3, 0.4) is 0 Å². The van der Waals surface area contributed by atoms with Crippen molar-refractivity contribution in [2.45, 2.75) is 12.5 Å². The third-order valence-corrected chi connectivity index (χ3v) is 1.22. The average Bonchev–Trinajstić information content (AvgIpc) is 2.02. The third kappa shape index (κ3) is 3.47. The van der Waals surface area contributed by atoms with Crippen LogP contribution in [0.1, 0.15) is 6.42 Å². The Morgan fingerprint density at radius 3 is 2.27 bits per heavy atom. The molecule has 0 fully saturated rings. The van der Waals surface area contributed by atoms with E-state index in [0.717, 1.165) is 12.2 Å². The standard InChI is InChI=1S/C8H11NO2/c1-3-6(10)5-7(9)8(11)4-2/h3-4,7H,1-2,5,9H2. The fourth-order valence-corrected chi connectivity index (χ4v) is 0.552. The van der Waals surface area contributed by atoms with E-state index in [4.69, 9.17) is 5.73 Å². The van der Waals surface area contributed by atoms with Crippen molar-refractivity contribution in [3.63, 3.8) is 0 Å². The van der Waals surface area contributed by atoms with E-state index in [1.54, 1.807) is 0 Å². The summed E-state index contributed by atoms with van der Waals surface area (Å²) >= 11 is 0. The van der Waals surface area contributed by atoms with Gasteiger partial charge in [-0.3, -0.25) is 9.59 Å². The molecular weight excluding hydrogens is 142 g/mol. The van der Waals surface area contributed by atoms with Crippen LogP contribution in [0, 0.1) is 0 Å². The first-order valence-electron chi connectivity index (χ1n) is 3.19. The lowest BCUT2D eigenvalue weighted by molar-refractivity contribution is -0.120. The summed E-state index contributed by atoms with van der Waals surface area (Å²) in [7, 11) is 0. The van der Waals surface area contributed by atoms with Crippen LogP contribution in [-0.2, 0) is 9.59 Å². The van der Waals surface area contributed by atoms with Crippen LogP contribution in [0.25, 0.3) is 0 Å². The third-order valence-electron chi connectivity index (χ3n) is 1.22. The van der Waals surface area contributed by atoms with Crippen molar-refractivity contribution < 1.29 is 9.59 Å². The summed E-state index contributed by atoms with van der Waals surface area (Å²) in [5.41, 5.74) is 5.31. The van der Waals surface area contributed by atoms with E-state index in [2.05, 4.69) is 13.2 Å². The summed E-state index contributed by atoms with van der Waals surface area (Å²) in [5.74, 6) is -0.548. The van der Waals surface area contributed by atoms with Crippen LogP contribution in [0.2, 0.25) is 0 Å². The predicted molar refractivity (Wildman–Crippen MR) is 43.0 cm³/mol. The normalized spacial score (nSPS) is 11.7. The molecule has 2 N–H and O–H groups in total. The molecule has 3 heteroatoms. The van der Waals surface area contributed by atoms with Crippen LogP contribution in [0.15, 0.2) is 25.3 Å². The molecule has 0 rings (SSSR count). The van der Waals surface area contributed by atoms with Crippen molar-refractivity contribution >= 4 is 11.6 Å². The van der Waals surface area contributed by atoms with Crippen molar-refractivity contribution in [2.24, 2.45) is 5.73 Å². The minimum Gasteiger partial charge on any atom is -0.321 e. The zero-order valence-electron chi connectivity index (χ0n) is 6.25. The number of carbonyl (C=O) groups is 2. The van der Waals surface area contributed by atoms with Crippen LogP contribution in [0.5, 0.6) is 0 Å². The van der Waals surface area contributed by atoms with E-state index in [9.17, 15) is 9.59 Å². The van der Waals surface area contributed by atoms with Gasteiger partial charge in [-0.15, -0.1) is 0 Å². The number of allylic oxidation sites excluding steroid dienone is 1. The summed E-state index contributed by atoms with van der Waals surface area (Å²) < 4.78 is 0. The molecule has 1 unspecified atom stereocenters. The molecule has 1 atom stereocenters. The minimum atomic E-state index is -0.766. The molecule has 60 valence electrons. The quantitative estimate of drug-likeness (QED) is 0.574. The van der Waals surface area contributed by atoms with Crippen LogP contribution in [0.4, 0.5) is 0 Å². The van der Waals surface area contributed by atoms with Gasteiger partial charge >= 0.3 is 0 Å². The first-order valence-corrected chi connectivity index (χ1v) is 3.19. The van der Waals surface area contributed by atoms with E-state index in [-0.39, 0.29) is 18.0 Å². The van der Waals surface area contributed by atoms with E-state index >= 15 is 0 Å². The van der Waals surface area contributed by atoms with Crippen molar-refractivity contribution in [3.05, 3.63) is 25.3 Å². The van der Waals surface area contributed by atoms with Crippen molar-refractivity contribution in [1.29, 1.82) is 0 Å². The molecule has 0 aromatic rings. The number of carbonyl (C=O) groups excluding carboxylic acids is 2. The van der Waals surface area contributed by atoms with Gasteiger partial charge in [-0.25, -0.2) is 0 Å². The van der Waals surface area contributed by atoms with E-state index in [1.807, 2.05) is 0 Å². The summed E-state index contributed by atoms with van der Waals surface area (Å²) in [5, 5.41) is 0. The van der Waals surface area contributed by atoms with Gasteiger partial charge in [0.25, 0.3) is 0 Å². The first kappa shape index (κ1) is 9.78. The molecule has 0 aliphatic heterocycles. The van der Waals surface area contributed by atoms with Gasteiger partial charge in [0, 0.05) is 6.42 Å². The molecular formula is C8H11NO2. The van der Waals surface area contributed by atoms with Gasteiger partial charge in [-0.05, 0) is 12.2 Å². The van der Waals surface area contributed by atoms with Gasteiger partial charge in [-0.2, -0.15) is 0 Å². The summed E-state index contributed by atoms with van der Waals surface area (Å²) in [4.78, 5) is 21.4. The van der Waals surface area contributed by atoms with Gasteiger partial charge in [0.15, 0.2) is 11.6 Å². The highest BCUT2D eigenvalue weighted by Gasteiger charge is 2.11. The second-order valence-electron chi connectivity index (χ2n) is 2.09. The Hall–Kier alpha value is -1.22. The van der Waals surface area contributed by atoms with E-state index in [0.29, 0.717) is 0 Å². The molecule has 0 aliphatic carbocycles. The smallest absolute Gasteiger partial charge is 0.172 e. The SMILES string of the molecule is C=CC(=O)CC(N)C(=O)C=C. The Labute approximate surface area is 65.6 Å². The lowest BCUT2D eigenvalue weighted by Crippen LogP contribution is -2.30. The number of hydrogen-bond donors (Lipinski definition) is 1. The zero-order valence-corrected chi connectivity index (χ0v) is 6.25. The Bertz CT molecular complexity index is 196. The van der Waals surface area contributed by atoms with Gasteiger partial charge in [0.05, 0.1) is 6.04 Å². The lowest BCUT2D eigenvalue weighted by atomic mass is 10.1. The zero-order chi connectivity index (χ0) is 8.85. The first-order chi connectivity index (χ1) is 5.11. The molecule has 11 heavy (non-hydrogen) atoms. The minimum absolute atomic E-state index is 0.00829. The maximum Gasteiger partial charge on any atom is 0.172 e. The summed E-state index contributed by atoms with van der Waals surface area (Å²) in [6, 6.07) is -0.766. The van der Waals surface area contributed by atoms with Crippen LogP contribution >= 0.6 is 0 Å². The van der Waals surface area contributed by atoms with Gasteiger partial charge in [0.2, 0.25) is 0 Å². The fourth-order valence-electron chi connectivity index (χ4n) is 0.552. The molecule has 0 aromatic carbocycles. The highest BCUT2D eigenvalue weighted by molar-refractivity contribution is 5.99. The monoisotopic (exact) mass is 153 g/mol. The fraction of sp³-hybridized carbons (Fsp3) is 0.250. The predicted octanol–water partition coefficient (Wildman–Crippen LogP) is 0.214. The molecule has 0 saturated heterocycles. The van der Waals surface area contributed by atoms with Crippen molar-refractivity contribution in [1.82, 2.24) is 0 Å². The van der Waals surface area contributed by atoms with Gasteiger partial charge < -0.3 is 5.73 Å². The highest BCUT2D eigenvalue weighted by Crippen LogP contribution is 1.93. The molecule has 0 radical (unpaired) electrons. The van der Waals surface area contributed by atoms with Crippen molar-refractivity contribution in [2.75, 3.05) is 0 Å². The number of hydrogen-bond acceptors (Lipinski definition) is 3. The maximum absolute atomic E-state index is 10.7. The number of nitrogens with two attached hydrogens (primary N) is 1. The van der Waals surface area contributed by atoms with Gasteiger partial charge in [-0.1, -0.05) is 13.2 Å². The van der Waals surface area contributed by atoms with E-state index < -0.39 is 6.04 Å². The molecule has 0 saturated carbocycles. The molecule has 0 heterocycles. The molecule has 0 bridgehead atoms. The molecule has 3 nitrogen and oxygen atoms in total. The van der Waals surface area contributed by atoms with Crippen molar-refractivity contribution in [3.8, 4) is 0 Å². The molecule has 0 amide bonds. The lowest BCUT2D eigenvalue weighted by Gasteiger charge is -2.03. The second kappa shape index (κ2) is 4.57. The second-order valence-corrected chi connectivity index (χ2v) is 2.09. The maximum atomic E-state index is 10.7. The number of rotatable bonds is 5. The largest absolute Gasteiger partial charge is 0.321 e. The Balaban J connectivity index is 3.95. The summed E-state index contributed by atoms with van der Waals surface area (Å²) in [6.07, 6.45) is 2.27. The average molecular weight is 153 g/mol. The molecule has 0 aliphatic rings. The Morgan fingerprint density at radius 1 is 1.36 bits per heavy atom. The van der Waals surface area contributed by atoms with Gasteiger partial charge in [0.1, 0.15) is 0 Å². The highest BCUT2D eigenvalue weighted by atomic mass is 16.1. The van der Waals surface area contributed by atoms with Crippen LogP contribution in [-0.4, -0.2) is 17.6 Å². The molecule has 0 aromatic heterocycles. The van der Waals surface area contributed by atoms with E-state index in [1.165, 1.54) is 0 Å². The molecule has 0 spiro atoms. The number of ketones is 2. The topological polar surface area (TPSA) is 60.2 Å². The Kier molecular flexibility index (Phi) is 4.07. The Morgan fingerprint density at radius 2 is 1.91 bits per heavy atom. The van der Waals surface area contributed by atoms with Crippen LogP contribution < -0.4 is 5.73 Å².